The second-order valence-corrected chi connectivity index (χ2v) is 11.7. The van der Waals surface area contributed by atoms with E-state index < -0.39 is 11.9 Å². The van der Waals surface area contributed by atoms with Crippen LogP contribution in [0, 0.1) is 5.92 Å². The third-order valence-corrected chi connectivity index (χ3v) is 8.50. The van der Waals surface area contributed by atoms with E-state index >= 15 is 0 Å². The van der Waals surface area contributed by atoms with Crippen LogP contribution >= 0.6 is 0 Å². The molecule has 2 aromatic rings. The molecule has 2 aliphatic heterocycles. The van der Waals surface area contributed by atoms with Gasteiger partial charge in [-0.25, -0.2) is 0 Å². The summed E-state index contributed by atoms with van der Waals surface area (Å²) in [4.78, 5) is 45.2. The SMILES string of the molecule is CCCCN(CCCCN(C)C)C(=O)CN1CC(c2ccc3c(c2)CCO3)C(C(=O)O)C1CCn1ccccc1=O. The van der Waals surface area contributed by atoms with Gasteiger partial charge in [-0.1, -0.05) is 31.5 Å². The summed E-state index contributed by atoms with van der Waals surface area (Å²) in [7, 11) is 4.11. The lowest BCUT2D eigenvalue weighted by atomic mass is 9.83. The number of rotatable bonds is 15. The molecule has 224 valence electrons. The topological polar surface area (TPSA) is 95.3 Å². The normalized spacial score (nSPS) is 20.2. The van der Waals surface area contributed by atoms with Gasteiger partial charge in [-0.15, -0.1) is 0 Å². The molecule has 1 saturated heterocycles. The standard InChI is InChI=1S/C32H46N4O5/c1-4-5-16-34(18-9-8-15-33(2)3)30(38)23-36-22-26(24-11-12-28-25(21-24)14-20-41-28)31(32(39)40)27(36)13-19-35-17-7-6-10-29(35)37/h6-7,10-12,17,21,26-27,31H,4-5,8-9,13-16,18-20,22-23H2,1-3H3,(H,39,40). The molecule has 0 saturated carbocycles. The van der Waals surface area contributed by atoms with Crippen LogP contribution in [0.4, 0.5) is 0 Å². The molecule has 1 aromatic heterocycles. The third-order valence-electron chi connectivity index (χ3n) is 8.50. The Bertz CT molecular complexity index is 1230. The smallest absolute Gasteiger partial charge is 0.308 e. The van der Waals surface area contributed by atoms with Crippen LogP contribution in [0.15, 0.2) is 47.4 Å². The fraction of sp³-hybridized carbons (Fsp3) is 0.594. The van der Waals surface area contributed by atoms with Gasteiger partial charge in [0.2, 0.25) is 11.5 Å². The van der Waals surface area contributed by atoms with E-state index in [1.54, 1.807) is 16.8 Å². The highest BCUT2D eigenvalue weighted by Gasteiger charge is 2.47. The number of aliphatic carboxylic acids is 1. The number of benzene rings is 1. The highest BCUT2D eigenvalue weighted by molar-refractivity contribution is 5.79. The minimum Gasteiger partial charge on any atom is -0.493 e. The summed E-state index contributed by atoms with van der Waals surface area (Å²) in [5, 5.41) is 10.5. The van der Waals surface area contributed by atoms with Gasteiger partial charge in [-0.05, 0) is 69.6 Å². The number of likely N-dealkylation sites (tertiary alicyclic amines) is 1. The first-order valence-corrected chi connectivity index (χ1v) is 15.1. The van der Waals surface area contributed by atoms with Crippen molar-refractivity contribution in [1.82, 2.24) is 19.3 Å². The van der Waals surface area contributed by atoms with E-state index in [4.69, 9.17) is 4.74 Å². The van der Waals surface area contributed by atoms with Crippen molar-refractivity contribution >= 4 is 11.9 Å². The van der Waals surface area contributed by atoms with E-state index in [9.17, 15) is 19.5 Å². The number of unbranched alkanes of at least 4 members (excludes halogenated alkanes) is 2. The number of aryl methyl sites for hydroxylation is 1. The maximum absolute atomic E-state index is 13.7. The summed E-state index contributed by atoms with van der Waals surface area (Å²) in [6.07, 6.45) is 6.92. The summed E-state index contributed by atoms with van der Waals surface area (Å²) < 4.78 is 7.31. The zero-order valence-corrected chi connectivity index (χ0v) is 24.8. The lowest BCUT2D eigenvalue weighted by molar-refractivity contribution is -0.144. The Morgan fingerprint density at radius 3 is 2.59 bits per heavy atom. The molecule has 0 spiro atoms. The van der Waals surface area contributed by atoms with E-state index in [1.807, 2.05) is 23.1 Å². The second-order valence-electron chi connectivity index (χ2n) is 11.7. The van der Waals surface area contributed by atoms with Gasteiger partial charge in [0.1, 0.15) is 5.75 Å². The lowest BCUT2D eigenvalue weighted by Gasteiger charge is -2.30. The van der Waals surface area contributed by atoms with Crippen LogP contribution in [-0.2, 0) is 22.6 Å². The number of amides is 1. The summed E-state index contributed by atoms with van der Waals surface area (Å²) in [6, 6.07) is 10.7. The number of pyridine rings is 1. The third kappa shape index (κ3) is 7.98. The Labute approximate surface area is 243 Å². The average molecular weight is 567 g/mol. The van der Waals surface area contributed by atoms with Crippen molar-refractivity contribution in [2.45, 2.75) is 64.0 Å². The molecule has 9 nitrogen and oxygen atoms in total. The number of carbonyl (C=O) groups is 2. The van der Waals surface area contributed by atoms with Crippen molar-refractivity contribution in [3.8, 4) is 5.75 Å². The summed E-state index contributed by atoms with van der Waals surface area (Å²) >= 11 is 0. The molecule has 1 N–H and O–H groups in total. The molecule has 3 heterocycles. The van der Waals surface area contributed by atoms with Crippen LogP contribution in [0.25, 0.3) is 0 Å². The van der Waals surface area contributed by atoms with Gasteiger partial charge in [0.05, 0.1) is 19.1 Å². The quantitative estimate of drug-likeness (QED) is 0.331. The van der Waals surface area contributed by atoms with Gasteiger partial charge in [-0.3, -0.25) is 19.3 Å². The van der Waals surface area contributed by atoms with Gasteiger partial charge in [0.25, 0.3) is 0 Å². The predicted molar refractivity (Wildman–Crippen MR) is 159 cm³/mol. The van der Waals surface area contributed by atoms with Crippen LogP contribution in [0.3, 0.4) is 0 Å². The van der Waals surface area contributed by atoms with Crippen molar-refractivity contribution in [3.05, 3.63) is 64.1 Å². The largest absolute Gasteiger partial charge is 0.493 e. The minimum atomic E-state index is -0.862. The maximum Gasteiger partial charge on any atom is 0.308 e. The van der Waals surface area contributed by atoms with Crippen molar-refractivity contribution in [3.63, 3.8) is 0 Å². The molecule has 1 fully saturated rings. The second kappa shape index (κ2) is 14.6. The maximum atomic E-state index is 13.7. The Morgan fingerprint density at radius 1 is 1.07 bits per heavy atom. The predicted octanol–water partition coefficient (Wildman–Crippen LogP) is 3.31. The summed E-state index contributed by atoms with van der Waals surface area (Å²) in [5.41, 5.74) is 1.97. The van der Waals surface area contributed by atoms with E-state index in [0.29, 0.717) is 39.2 Å². The monoisotopic (exact) mass is 566 g/mol. The molecule has 0 bridgehead atoms. The zero-order valence-electron chi connectivity index (χ0n) is 24.8. The number of nitrogens with zero attached hydrogens (tertiary/aromatic N) is 4. The van der Waals surface area contributed by atoms with Crippen LogP contribution in [0.1, 0.15) is 56.1 Å². The number of aromatic nitrogens is 1. The molecule has 0 aliphatic carbocycles. The van der Waals surface area contributed by atoms with Crippen molar-refractivity contribution in [2.24, 2.45) is 5.92 Å². The van der Waals surface area contributed by atoms with Crippen LogP contribution < -0.4 is 10.3 Å². The van der Waals surface area contributed by atoms with Gasteiger partial charge in [0.15, 0.2) is 0 Å². The lowest BCUT2D eigenvalue weighted by Crippen LogP contribution is -2.45. The molecule has 2 aliphatic rings. The molecule has 1 amide bonds. The van der Waals surface area contributed by atoms with Crippen molar-refractivity contribution in [1.29, 1.82) is 0 Å². The molecule has 9 heteroatoms. The van der Waals surface area contributed by atoms with Gasteiger partial charge in [0, 0.05) is 56.8 Å². The fourth-order valence-corrected chi connectivity index (χ4v) is 6.26. The van der Waals surface area contributed by atoms with E-state index in [0.717, 1.165) is 55.5 Å². The first kappa shape index (κ1) is 30.8. The molecular formula is C32H46N4O5. The number of carboxylic acids is 1. The average Bonchev–Trinajstić information content (AvgIpc) is 3.56. The van der Waals surface area contributed by atoms with Crippen molar-refractivity contribution in [2.75, 3.05) is 53.4 Å². The van der Waals surface area contributed by atoms with Gasteiger partial charge in [-0.2, -0.15) is 0 Å². The Balaban J connectivity index is 1.57. The Kier molecular flexibility index (Phi) is 11.0. The first-order valence-electron chi connectivity index (χ1n) is 15.1. The number of carboxylic acid groups (broad SMARTS) is 1. The molecule has 3 atom stereocenters. The van der Waals surface area contributed by atoms with E-state index in [2.05, 4.69) is 36.9 Å². The van der Waals surface area contributed by atoms with Crippen LogP contribution in [0.5, 0.6) is 5.75 Å². The van der Waals surface area contributed by atoms with Crippen molar-refractivity contribution < 1.29 is 19.4 Å². The zero-order chi connectivity index (χ0) is 29.4. The summed E-state index contributed by atoms with van der Waals surface area (Å²) in [6.45, 7) is 6.24. The highest BCUT2D eigenvalue weighted by Crippen LogP contribution is 2.41. The number of hydrogen-bond donors (Lipinski definition) is 1. The molecule has 41 heavy (non-hydrogen) atoms. The molecular weight excluding hydrogens is 520 g/mol. The van der Waals surface area contributed by atoms with Crippen LogP contribution in [0.2, 0.25) is 0 Å². The Hall–Kier alpha value is -3.17. The van der Waals surface area contributed by atoms with E-state index in [-0.39, 0.29) is 30.0 Å². The molecule has 1 aromatic carbocycles. The first-order chi connectivity index (χ1) is 19.8. The van der Waals surface area contributed by atoms with E-state index in [1.165, 1.54) is 6.07 Å². The molecule has 3 unspecified atom stereocenters. The number of ether oxygens (including phenoxy) is 1. The number of fused-ring (bicyclic) bond motifs is 1. The minimum absolute atomic E-state index is 0.0531. The molecule has 0 radical (unpaired) electrons. The van der Waals surface area contributed by atoms with Crippen LogP contribution in [-0.4, -0.2) is 95.7 Å². The number of carbonyl (C=O) groups excluding carboxylic acids is 1. The highest BCUT2D eigenvalue weighted by atomic mass is 16.5. The van der Waals surface area contributed by atoms with Gasteiger partial charge >= 0.3 is 5.97 Å². The fourth-order valence-electron chi connectivity index (χ4n) is 6.26. The summed E-state index contributed by atoms with van der Waals surface area (Å²) in [5.74, 6) is -0.887. The molecule has 4 rings (SSSR count). The Morgan fingerprint density at radius 2 is 1.85 bits per heavy atom. The number of hydrogen-bond acceptors (Lipinski definition) is 6. The van der Waals surface area contributed by atoms with Gasteiger partial charge < -0.3 is 24.2 Å².